The first-order chi connectivity index (χ1) is 9.49. The van der Waals surface area contributed by atoms with Gasteiger partial charge in [-0.2, -0.15) is 0 Å². The maximum absolute atomic E-state index is 12.0. The summed E-state index contributed by atoms with van der Waals surface area (Å²) in [4.78, 5) is 28.7. The summed E-state index contributed by atoms with van der Waals surface area (Å²) in [5.74, 6) is -0.396. The SMILES string of the molecule is CC1CN(C(=O)NCCc2nccn2C)CC1C(=O)O. The van der Waals surface area contributed by atoms with Crippen molar-refractivity contribution in [3.8, 4) is 0 Å². The van der Waals surface area contributed by atoms with Gasteiger partial charge in [0, 0.05) is 45.5 Å². The van der Waals surface area contributed by atoms with Gasteiger partial charge < -0.3 is 19.9 Å². The molecule has 2 heterocycles. The molecule has 7 heteroatoms. The average Bonchev–Trinajstić information content (AvgIpc) is 2.96. The van der Waals surface area contributed by atoms with Crippen LogP contribution in [0.25, 0.3) is 0 Å². The minimum atomic E-state index is -0.833. The molecule has 1 fully saturated rings. The van der Waals surface area contributed by atoms with Crippen molar-refractivity contribution in [2.24, 2.45) is 18.9 Å². The summed E-state index contributed by atoms with van der Waals surface area (Å²) in [6, 6.07) is -0.199. The van der Waals surface area contributed by atoms with Crippen molar-refractivity contribution < 1.29 is 14.7 Å². The van der Waals surface area contributed by atoms with E-state index in [9.17, 15) is 9.59 Å². The Morgan fingerprint density at radius 2 is 2.25 bits per heavy atom. The second kappa shape index (κ2) is 5.94. The quantitative estimate of drug-likeness (QED) is 0.831. The van der Waals surface area contributed by atoms with Crippen LogP contribution in [-0.2, 0) is 18.3 Å². The number of amides is 2. The van der Waals surface area contributed by atoms with E-state index in [1.807, 2.05) is 24.7 Å². The Hall–Kier alpha value is -2.05. The van der Waals surface area contributed by atoms with Gasteiger partial charge in [0.1, 0.15) is 5.82 Å². The van der Waals surface area contributed by atoms with Gasteiger partial charge in [0.15, 0.2) is 0 Å². The van der Waals surface area contributed by atoms with Crippen LogP contribution in [0.1, 0.15) is 12.7 Å². The summed E-state index contributed by atoms with van der Waals surface area (Å²) in [5.41, 5.74) is 0. The maximum atomic E-state index is 12.0. The van der Waals surface area contributed by atoms with E-state index in [2.05, 4.69) is 10.3 Å². The molecule has 1 aliphatic rings. The topological polar surface area (TPSA) is 87.5 Å². The number of carboxylic acid groups (broad SMARTS) is 1. The molecular formula is C13H20N4O3. The summed E-state index contributed by atoms with van der Waals surface area (Å²) in [5, 5.41) is 11.9. The highest BCUT2D eigenvalue weighted by atomic mass is 16.4. The number of urea groups is 1. The molecular weight excluding hydrogens is 260 g/mol. The van der Waals surface area contributed by atoms with E-state index in [1.165, 1.54) is 0 Å². The number of nitrogens with one attached hydrogen (secondary N) is 1. The lowest BCUT2D eigenvalue weighted by Gasteiger charge is -2.16. The number of carbonyl (C=O) groups is 2. The summed E-state index contributed by atoms with van der Waals surface area (Å²) in [7, 11) is 1.91. The first kappa shape index (κ1) is 14.4. The summed E-state index contributed by atoms with van der Waals surface area (Å²) < 4.78 is 1.91. The molecule has 2 unspecified atom stereocenters. The van der Waals surface area contributed by atoms with E-state index in [0.29, 0.717) is 19.5 Å². The minimum absolute atomic E-state index is 0.00668. The first-order valence-electron chi connectivity index (χ1n) is 6.71. The van der Waals surface area contributed by atoms with Crippen molar-refractivity contribution in [2.45, 2.75) is 13.3 Å². The Morgan fingerprint density at radius 1 is 1.50 bits per heavy atom. The number of likely N-dealkylation sites (tertiary alicyclic amines) is 1. The second-order valence-electron chi connectivity index (χ2n) is 5.26. The van der Waals surface area contributed by atoms with Crippen molar-refractivity contribution in [1.29, 1.82) is 0 Å². The molecule has 0 radical (unpaired) electrons. The van der Waals surface area contributed by atoms with Crippen LogP contribution in [0.15, 0.2) is 12.4 Å². The van der Waals surface area contributed by atoms with Gasteiger partial charge >= 0.3 is 12.0 Å². The lowest BCUT2D eigenvalue weighted by Crippen LogP contribution is -2.40. The van der Waals surface area contributed by atoms with Crippen LogP contribution in [0.2, 0.25) is 0 Å². The van der Waals surface area contributed by atoms with Crippen LogP contribution in [0.3, 0.4) is 0 Å². The van der Waals surface area contributed by atoms with Crippen molar-refractivity contribution >= 4 is 12.0 Å². The molecule has 2 atom stereocenters. The monoisotopic (exact) mass is 280 g/mol. The van der Waals surface area contributed by atoms with Crippen LogP contribution in [0.4, 0.5) is 4.79 Å². The van der Waals surface area contributed by atoms with Crippen LogP contribution >= 0.6 is 0 Å². The van der Waals surface area contributed by atoms with Crippen LogP contribution in [0, 0.1) is 11.8 Å². The second-order valence-corrected chi connectivity index (χ2v) is 5.26. The number of carboxylic acids is 1. The van der Waals surface area contributed by atoms with Gasteiger partial charge in [0.2, 0.25) is 0 Å². The molecule has 7 nitrogen and oxygen atoms in total. The maximum Gasteiger partial charge on any atom is 0.317 e. The third kappa shape index (κ3) is 3.09. The summed E-state index contributed by atoms with van der Waals surface area (Å²) in [6.07, 6.45) is 4.23. The predicted molar refractivity (Wildman–Crippen MR) is 72.2 cm³/mol. The number of aliphatic carboxylic acids is 1. The van der Waals surface area contributed by atoms with Crippen molar-refractivity contribution in [3.05, 3.63) is 18.2 Å². The van der Waals surface area contributed by atoms with Crippen molar-refractivity contribution in [3.63, 3.8) is 0 Å². The number of carbonyl (C=O) groups excluding carboxylic acids is 1. The van der Waals surface area contributed by atoms with E-state index < -0.39 is 11.9 Å². The number of imidazole rings is 1. The molecule has 20 heavy (non-hydrogen) atoms. The van der Waals surface area contributed by atoms with E-state index in [-0.39, 0.29) is 18.5 Å². The Balaban J connectivity index is 1.78. The molecule has 1 aromatic heterocycles. The van der Waals surface area contributed by atoms with Gasteiger partial charge in [0.25, 0.3) is 0 Å². The smallest absolute Gasteiger partial charge is 0.317 e. The van der Waals surface area contributed by atoms with Crippen LogP contribution in [-0.4, -0.2) is 51.2 Å². The lowest BCUT2D eigenvalue weighted by molar-refractivity contribution is -0.142. The van der Waals surface area contributed by atoms with Crippen LogP contribution < -0.4 is 5.32 Å². The third-order valence-electron chi connectivity index (χ3n) is 3.76. The number of nitrogens with zero attached hydrogens (tertiary/aromatic N) is 3. The number of aryl methyl sites for hydroxylation is 1. The Labute approximate surface area is 117 Å². The van der Waals surface area contributed by atoms with E-state index in [4.69, 9.17) is 5.11 Å². The van der Waals surface area contributed by atoms with Gasteiger partial charge in [-0.25, -0.2) is 9.78 Å². The predicted octanol–water partition coefficient (Wildman–Crippen LogP) is 0.325. The molecule has 2 amide bonds. The molecule has 110 valence electrons. The standard InChI is InChI=1S/C13H20N4O3/c1-9-7-17(8-10(9)12(18)19)13(20)15-4-3-11-14-5-6-16(11)2/h5-6,9-10H,3-4,7-8H2,1-2H3,(H,15,20)(H,18,19). The number of hydrogen-bond donors (Lipinski definition) is 2. The minimum Gasteiger partial charge on any atom is -0.481 e. The molecule has 0 aliphatic carbocycles. The zero-order chi connectivity index (χ0) is 14.7. The fraction of sp³-hybridized carbons (Fsp3) is 0.615. The molecule has 1 aliphatic heterocycles. The molecule has 1 aromatic rings. The zero-order valence-corrected chi connectivity index (χ0v) is 11.7. The van der Waals surface area contributed by atoms with E-state index in [1.54, 1.807) is 11.1 Å². The van der Waals surface area contributed by atoms with E-state index in [0.717, 1.165) is 5.82 Å². The highest BCUT2D eigenvalue weighted by Crippen LogP contribution is 2.22. The van der Waals surface area contributed by atoms with Gasteiger partial charge in [-0.15, -0.1) is 0 Å². The number of hydrogen-bond acceptors (Lipinski definition) is 3. The van der Waals surface area contributed by atoms with Gasteiger partial charge in [0.05, 0.1) is 5.92 Å². The van der Waals surface area contributed by atoms with Crippen molar-refractivity contribution in [2.75, 3.05) is 19.6 Å². The molecule has 0 saturated carbocycles. The number of aromatic nitrogens is 2. The molecule has 0 aromatic carbocycles. The molecule has 2 rings (SSSR count). The van der Waals surface area contributed by atoms with E-state index >= 15 is 0 Å². The molecule has 1 saturated heterocycles. The largest absolute Gasteiger partial charge is 0.481 e. The first-order valence-corrected chi connectivity index (χ1v) is 6.71. The van der Waals surface area contributed by atoms with Crippen LogP contribution in [0.5, 0.6) is 0 Å². The third-order valence-corrected chi connectivity index (χ3v) is 3.76. The molecule has 2 N–H and O–H groups in total. The molecule has 0 spiro atoms. The highest BCUT2D eigenvalue weighted by Gasteiger charge is 2.36. The summed E-state index contributed by atoms with van der Waals surface area (Å²) in [6.45, 7) is 3.13. The van der Waals surface area contributed by atoms with Gasteiger partial charge in [-0.05, 0) is 5.92 Å². The lowest BCUT2D eigenvalue weighted by atomic mass is 9.99. The fourth-order valence-corrected chi connectivity index (χ4v) is 2.48. The fourth-order valence-electron chi connectivity index (χ4n) is 2.48. The van der Waals surface area contributed by atoms with Gasteiger partial charge in [-0.1, -0.05) is 6.92 Å². The Morgan fingerprint density at radius 3 is 2.80 bits per heavy atom. The molecule has 0 bridgehead atoms. The number of rotatable bonds is 4. The summed E-state index contributed by atoms with van der Waals surface area (Å²) >= 11 is 0. The highest BCUT2D eigenvalue weighted by molar-refractivity contribution is 5.77. The zero-order valence-electron chi connectivity index (χ0n) is 11.7. The average molecular weight is 280 g/mol. The Kier molecular flexibility index (Phi) is 4.26. The normalized spacial score (nSPS) is 22.0. The van der Waals surface area contributed by atoms with Gasteiger partial charge in [-0.3, -0.25) is 4.79 Å². The Bertz CT molecular complexity index is 500. The van der Waals surface area contributed by atoms with Crippen molar-refractivity contribution in [1.82, 2.24) is 19.8 Å².